The minimum Gasteiger partial charge on any atom is -0.380 e. The summed E-state index contributed by atoms with van der Waals surface area (Å²) < 4.78 is 32.2. The Morgan fingerprint density at radius 3 is 2.38 bits per heavy atom. The van der Waals surface area contributed by atoms with Gasteiger partial charge in [-0.2, -0.15) is 0 Å². The summed E-state index contributed by atoms with van der Waals surface area (Å²) in [4.78, 5) is 12.6. The average Bonchev–Trinajstić information content (AvgIpc) is 2.74. The lowest BCUT2D eigenvalue weighted by molar-refractivity contribution is 0.102. The van der Waals surface area contributed by atoms with Crippen molar-refractivity contribution in [3.05, 3.63) is 93.5 Å². The molecule has 1 N–H and O–H groups in total. The van der Waals surface area contributed by atoms with Crippen molar-refractivity contribution < 1.29 is 17.9 Å². The summed E-state index contributed by atoms with van der Waals surface area (Å²) in [6, 6.07) is 19.8. The maximum Gasteiger partial charge on any atom is 0.255 e. The molecule has 0 spiro atoms. The van der Waals surface area contributed by atoms with Gasteiger partial charge in [0, 0.05) is 22.8 Å². The highest BCUT2D eigenvalue weighted by molar-refractivity contribution is 9.10. The SMILES string of the molecule is COCc1cccc(NC(=O)c2ccc(CN(c3ccc(Br)c(C)c3)S(C)(=O)=O)cc2)c1. The van der Waals surface area contributed by atoms with E-state index in [-0.39, 0.29) is 12.5 Å². The summed E-state index contributed by atoms with van der Waals surface area (Å²) in [7, 11) is -1.87. The number of nitrogens with one attached hydrogen (secondary N) is 1. The van der Waals surface area contributed by atoms with Crippen LogP contribution in [0.1, 0.15) is 27.0 Å². The van der Waals surface area contributed by atoms with Crippen molar-refractivity contribution in [2.45, 2.75) is 20.1 Å². The van der Waals surface area contributed by atoms with Gasteiger partial charge in [0.15, 0.2) is 0 Å². The minimum atomic E-state index is -3.49. The van der Waals surface area contributed by atoms with E-state index >= 15 is 0 Å². The van der Waals surface area contributed by atoms with E-state index < -0.39 is 10.0 Å². The number of sulfonamides is 1. The van der Waals surface area contributed by atoms with Crippen molar-refractivity contribution in [3.63, 3.8) is 0 Å². The van der Waals surface area contributed by atoms with Gasteiger partial charge in [-0.3, -0.25) is 9.10 Å². The lowest BCUT2D eigenvalue weighted by atomic mass is 10.1. The molecule has 0 aliphatic rings. The Morgan fingerprint density at radius 1 is 1.03 bits per heavy atom. The number of amides is 1. The molecule has 0 radical (unpaired) electrons. The molecule has 0 aromatic heterocycles. The number of carbonyl (C=O) groups is 1. The number of rotatable bonds is 8. The van der Waals surface area contributed by atoms with Crippen molar-refractivity contribution in [1.82, 2.24) is 0 Å². The van der Waals surface area contributed by atoms with Crippen LogP contribution in [-0.2, 0) is 27.9 Å². The first kappa shape index (κ1) is 24.0. The lowest BCUT2D eigenvalue weighted by Crippen LogP contribution is -2.29. The van der Waals surface area contributed by atoms with Gasteiger partial charge in [-0.25, -0.2) is 8.42 Å². The molecule has 6 nitrogen and oxygen atoms in total. The van der Waals surface area contributed by atoms with Crippen LogP contribution in [-0.4, -0.2) is 27.7 Å². The number of hydrogen-bond acceptors (Lipinski definition) is 4. The van der Waals surface area contributed by atoms with Crippen molar-refractivity contribution in [2.24, 2.45) is 0 Å². The van der Waals surface area contributed by atoms with Gasteiger partial charge in [0.1, 0.15) is 0 Å². The second-order valence-corrected chi connectivity index (χ2v) is 10.2. The Balaban J connectivity index is 1.75. The molecule has 0 atom stereocenters. The summed E-state index contributed by atoms with van der Waals surface area (Å²) in [6.07, 6.45) is 1.18. The molecule has 3 aromatic rings. The van der Waals surface area contributed by atoms with Crippen LogP contribution in [0.2, 0.25) is 0 Å². The molecule has 0 unspecified atom stereocenters. The van der Waals surface area contributed by atoms with Gasteiger partial charge < -0.3 is 10.1 Å². The molecule has 0 bridgehead atoms. The number of ether oxygens (including phenoxy) is 1. The number of benzene rings is 3. The monoisotopic (exact) mass is 516 g/mol. The lowest BCUT2D eigenvalue weighted by Gasteiger charge is -2.23. The summed E-state index contributed by atoms with van der Waals surface area (Å²) in [5.41, 5.74) is 4.43. The van der Waals surface area contributed by atoms with Gasteiger partial charge in [-0.15, -0.1) is 0 Å². The van der Waals surface area contributed by atoms with Gasteiger partial charge in [-0.05, 0) is 66.1 Å². The number of anilines is 2. The Labute approximate surface area is 197 Å². The van der Waals surface area contributed by atoms with Gasteiger partial charge in [0.2, 0.25) is 10.0 Å². The van der Waals surface area contributed by atoms with Crippen LogP contribution in [0.25, 0.3) is 0 Å². The van der Waals surface area contributed by atoms with E-state index in [1.165, 1.54) is 10.6 Å². The van der Waals surface area contributed by atoms with Crippen LogP contribution < -0.4 is 9.62 Å². The van der Waals surface area contributed by atoms with Crippen molar-refractivity contribution in [2.75, 3.05) is 23.0 Å². The third-order valence-electron chi connectivity index (χ3n) is 4.87. The Kier molecular flexibility index (Phi) is 7.71. The number of methoxy groups -OCH3 is 1. The Bertz CT molecular complexity index is 1210. The second-order valence-electron chi connectivity index (χ2n) is 7.49. The van der Waals surface area contributed by atoms with E-state index in [1.54, 1.807) is 37.4 Å². The van der Waals surface area contributed by atoms with Gasteiger partial charge in [0.25, 0.3) is 5.91 Å². The fourth-order valence-electron chi connectivity index (χ4n) is 3.22. The Morgan fingerprint density at radius 2 is 1.75 bits per heavy atom. The van der Waals surface area contributed by atoms with Crippen molar-refractivity contribution in [3.8, 4) is 0 Å². The maximum absolute atomic E-state index is 12.6. The molecule has 0 aliphatic heterocycles. The van der Waals surface area contributed by atoms with Crippen LogP contribution in [0, 0.1) is 6.92 Å². The van der Waals surface area contributed by atoms with E-state index in [9.17, 15) is 13.2 Å². The van der Waals surface area contributed by atoms with Gasteiger partial charge >= 0.3 is 0 Å². The second kappa shape index (κ2) is 10.3. The van der Waals surface area contributed by atoms with Crippen LogP contribution >= 0.6 is 15.9 Å². The molecule has 3 rings (SSSR count). The zero-order chi connectivity index (χ0) is 23.3. The minimum absolute atomic E-state index is 0.168. The van der Waals surface area contributed by atoms with Crippen LogP contribution in [0.4, 0.5) is 11.4 Å². The first-order valence-electron chi connectivity index (χ1n) is 9.89. The molecule has 168 valence electrons. The summed E-state index contributed by atoms with van der Waals surface area (Å²) in [5, 5.41) is 2.87. The quantitative estimate of drug-likeness (QED) is 0.450. The standard InChI is InChI=1S/C24H25BrN2O4S/c1-17-13-22(11-12-23(17)25)27(32(3,29)30)15-18-7-9-20(10-8-18)24(28)26-21-6-4-5-19(14-21)16-31-2/h4-14H,15-16H2,1-3H3,(H,26,28). The molecule has 3 aromatic carbocycles. The molecule has 0 heterocycles. The molecule has 1 amide bonds. The Hall–Kier alpha value is -2.68. The van der Waals surface area contributed by atoms with E-state index in [4.69, 9.17) is 4.74 Å². The maximum atomic E-state index is 12.6. The highest BCUT2D eigenvalue weighted by Crippen LogP contribution is 2.26. The number of hydrogen-bond donors (Lipinski definition) is 1. The third kappa shape index (κ3) is 6.18. The fourth-order valence-corrected chi connectivity index (χ4v) is 4.35. The molecule has 0 saturated carbocycles. The molecule has 32 heavy (non-hydrogen) atoms. The van der Waals surface area contributed by atoms with E-state index in [0.29, 0.717) is 23.5 Å². The topological polar surface area (TPSA) is 75.7 Å². The van der Waals surface area contributed by atoms with Gasteiger partial charge in [-0.1, -0.05) is 40.2 Å². The van der Waals surface area contributed by atoms with Crippen molar-refractivity contribution in [1.29, 1.82) is 0 Å². The third-order valence-corrected chi connectivity index (χ3v) is 6.90. The molecule has 0 saturated heterocycles. The van der Waals surface area contributed by atoms with Crippen LogP contribution in [0.5, 0.6) is 0 Å². The van der Waals surface area contributed by atoms with E-state index in [0.717, 1.165) is 21.2 Å². The highest BCUT2D eigenvalue weighted by Gasteiger charge is 2.19. The average molecular weight is 517 g/mol. The number of aryl methyl sites for hydroxylation is 1. The number of nitrogens with zero attached hydrogens (tertiary/aromatic N) is 1. The zero-order valence-electron chi connectivity index (χ0n) is 18.1. The smallest absolute Gasteiger partial charge is 0.255 e. The number of carbonyl (C=O) groups excluding carboxylic acids is 1. The highest BCUT2D eigenvalue weighted by atomic mass is 79.9. The molecular weight excluding hydrogens is 492 g/mol. The van der Waals surface area contributed by atoms with Crippen LogP contribution in [0.3, 0.4) is 0 Å². The predicted molar refractivity (Wildman–Crippen MR) is 131 cm³/mol. The largest absolute Gasteiger partial charge is 0.380 e. The predicted octanol–water partition coefficient (Wildman–Crippen LogP) is 5.12. The molecule has 8 heteroatoms. The zero-order valence-corrected chi connectivity index (χ0v) is 20.5. The van der Waals surface area contributed by atoms with Crippen molar-refractivity contribution >= 4 is 43.2 Å². The van der Waals surface area contributed by atoms with E-state index in [2.05, 4.69) is 21.2 Å². The molecular formula is C24H25BrN2O4S. The summed E-state index contributed by atoms with van der Waals surface area (Å²) >= 11 is 3.44. The van der Waals surface area contributed by atoms with Gasteiger partial charge in [0.05, 0.1) is 25.1 Å². The fraction of sp³-hybridized carbons (Fsp3) is 0.208. The first-order chi connectivity index (χ1) is 15.2. The summed E-state index contributed by atoms with van der Waals surface area (Å²) in [5.74, 6) is -0.241. The normalized spacial score (nSPS) is 11.2. The first-order valence-corrected chi connectivity index (χ1v) is 12.5. The van der Waals surface area contributed by atoms with E-state index in [1.807, 2.05) is 43.3 Å². The van der Waals surface area contributed by atoms with Crippen LogP contribution in [0.15, 0.2) is 71.2 Å². The molecule has 0 fully saturated rings. The number of halogens is 1. The molecule has 0 aliphatic carbocycles. The summed E-state index contributed by atoms with van der Waals surface area (Å²) in [6.45, 7) is 2.54.